The number of hydrogen-bond acceptors (Lipinski definition) is 4. The molecule has 0 aliphatic rings. The van der Waals surface area contributed by atoms with Gasteiger partial charge in [0, 0.05) is 41.1 Å². The molecule has 2 heterocycles. The van der Waals surface area contributed by atoms with Crippen LogP contribution in [0.25, 0.3) is 0 Å². The fraction of sp³-hybridized carbons (Fsp3) is 0.533. The molecule has 2 atom stereocenters. The highest BCUT2D eigenvalue weighted by Gasteiger charge is 2.24. The zero-order valence-electron chi connectivity index (χ0n) is 12.7. The van der Waals surface area contributed by atoms with E-state index in [-0.39, 0.29) is 12.1 Å². The molecule has 0 saturated carbocycles. The van der Waals surface area contributed by atoms with Crippen molar-refractivity contribution in [3.05, 3.63) is 39.8 Å². The second-order valence-electron chi connectivity index (χ2n) is 5.40. The Bertz CT molecular complexity index is 546. The molecule has 0 saturated heterocycles. The van der Waals surface area contributed by atoms with E-state index in [2.05, 4.69) is 49.2 Å². The Hall–Kier alpha value is -1.17. The van der Waals surface area contributed by atoms with Crippen molar-refractivity contribution >= 4 is 11.3 Å². The van der Waals surface area contributed by atoms with Crippen LogP contribution in [-0.4, -0.2) is 27.8 Å². The van der Waals surface area contributed by atoms with E-state index in [4.69, 9.17) is 5.73 Å². The molecule has 0 aromatic carbocycles. The number of rotatable bonds is 6. The van der Waals surface area contributed by atoms with Gasteiger partial charge in [0.05, 0.1) is 12.2 Å². The molecule has 2 N–H and O–H groups in total. The van der Waals surface area contributed by atoms with Crippen LogP contribution in [0.4, 0.5) is 0 Å². The quantitative estimate of drug-likeness (QED) is 0.890. The van der Waals surface area contributed by atoms with Gasteiger partial charge in [0.2, 0.25) is 0 Å². The van der Waals surface area contributed by atoms with E-state index in [9.17, 15) is 0 Å². The summed E-state index contributed by atoms with van der Waals surface area (Å²) in [7, 11) is 4.09. The first-order valence-electron chi connectivity index (χ1n) is 7.01. The Kier molecular flexibility index (Phi) is 4.96. The minimum absolute atomic E-state index is 0.148. The third-order valence-electron chi connectivity index (χ3n) is 3.59. The molecule has 2 unspecified atom stereocenters. The van der Waals surface area contributed by atoms with E-state index >= 15 is 0 Å². The van der Waals surface area contributed by atoms with Gasteiger partial charge in [-0.1, -0.05) is 6.92 Å². The average molecular weight is 292 g/mol. The average Bonchev–Trinajstić information content (AvgIpc) is 2.99. The zero-order valence-corrected chi connectivity index (χ0v) is 13.5. The lowest BCUT2D eigenvalue weighted by Gasteiger charge is -2.31. The van der Waals surface area contributed by atoms with Crippen LogP contribution in [0.15, 0.2) is 24.5 Å². The van der Waals surface area contributed by atoms with Gasteiger partial charge < -0.3 is 5.73 Å². The van der Waals surface area contributed by atoms with E-state index in [1.807, 2.05) is 29.3 Å². The van der Waals surface area contributed by atoms with Gasteiger partial charge in [-0.15, -0.1) is 11.3 Å². The maximum atomic E-state index is 6.36. The van der Waals surface area contributed by atoms with Crippen molar-refractivity contribution in [2.75, 3.05) is 7.05 Å². The van der Waals surface area contributed by atoms with Crippen molar-refractivity contribution in [1.29, 1.82) is 0 Å². The first-order chi connectivity index (χ1) is 9.51. The zero-order chi connectivity index (χ0) is 14.7. The van der Waals surface area contributed by atoms with Crippen molar-refractivity contribution in [2.24, 2.45) is 12.8 Å². The number of likely N-dealkylation sites (N-methyl/N-ethyl adjacent to an activating group) is 1. The highest BCUT2D eigenvalue weighted by atomic mass is 32.1. The molecule has 2 rings (SSSR count). The Morgan fingerprint density at radius 1 is 1.45 bits per heavy atom. The van der Waals surface area contributed by atoms with E-state index < -0.39 is 0 Å². The Labute approximate surface area is 125 Å². The molecule has 2 aromatic heterocycles. The molecule has 0 bridgehead atoms. The second-order valence-corrected chi connectivity index (χ2v) is 6.72. The monoisotopic (exact) mass is 292 g/mol. The van der Waals surface area contributed by atoms with Crippen LogP contribution < -0.4 is 5.73 Å². The lowest BCUT2D eigenvalue weighted by molar-refractivity contribution is 0.205. The van der Waals surface area contributed by atoms with E-state index in [0.717, 1.165) is 13.0 Å². The van der Waals surface area contributed by atoms with Gasteiger partial charge in [-0.05, 0) is 32.5 Å². The molecule has 0 aliphatic heterocycles. The molecule has 0 amide bonds. The summed E-state index contributed by atoms with van der Waals surface area (Å²) >= 11 is 1.84. The van der Waals surface area contributed by atoms with Gasteiger partial charge in [-0.2, -0.15) is 5.10 Å². The number of hydrogen-bond donors (Lipinski definition) is 1. The molecule has 0 radical (unpaired) electrons. The van der Waals surface area contributed by atoms with Gasteiger partial charge in [-0.3, -0.25) is 9.58 Å². The lowest BCUT2D eigenvalue weighted by atomic mass is 10.0. The van der Waals surface area contributed by atoms with Crippen LogP contribution in [0.5, 0.6) is 0 Å². The molecule has 20 heavy (non-hydrogen) atoms. The second kappa shape index (κ2) is 6.52. The van der Waals surface area contributed by atoms with Crippen molar-refractivity contribution in [3.8, 4) is 0 Å². The standard InChI is InChI=1S/C15H24N4S/c1-5-13(16)15(14-7-6-11(2)20-14)18(3)9-12-8-17-19(4)10-12/h6-8,10,13,15H,5,9,16H2,1-4H3. The molecule has 2 aromatic rings. The fourth-order valence-electron chi connectivity index (χ4n) is 2.53. The smallest absolute Gasteiger partial charge is 0.0593 e. The highest BCUT2D eigenvalue weighted by Crippen LogP contribution is 2.30. The predicted molar refractivity (Wildman–Crippen MR) is 84.7 cm³/mol. The molecule has 110 valence electrons. The maximum absolute atomic E-state index is 6.36. The summed E-state index contributed by atoms with van der Waals surface area (Å²) in [6.45, 7) is 5.16. The van der Waals surface area contributed by atoms with Crippen molar-refractivity contribution in [1.82, 2.24) is 14.7 Å². The van der Waals surface area contributed by atoms with Crippen LogP contribution in [0.3, 0.4) is 0 Å². The van der Waals surface area contributed by atoms with Crippen LogP contribution in [-0.2, 0) is 13.6 Å². The summed E-state index contributed by atoms with van der Waals surface area (Å²) < 4.78 is 1.84. The number of nitrogens with two attached hydrogens (primary N) is 1. The predicted octanol–water partition coefficient (Wildman–Crippen LogP) is 2.70. The number of aromatic nitrogens is 2. The molecular weight excluding hydrogens is 268 g/mol. The fourth-order valence-corrected chi connectivity index (χ4v) is 3.65. The van der Waals surface area contributed by atoms with E-state index in [0.29, 0.717) is 0 Å². The van der Waals surface area contributed by atoms with Crippen LogP contribution in [0.2, 0.25) is 0 Å². The van der Waals surface area contributed by atoms with Gasteiger partial charge in [0.1, 0.15) is 0 Å². The molecule has 5 heteroatoms. The van der Waals surface area contributed by atoms with Gasteiger partial charge in [-0.25, -0.2) is 0 Å². The first kappa shape index (κ1) is 15.2. The van der Waals surface area contributed by atoms with E-state index in [1.165, 1.54) is 15.3 Å². The largest absolute Gasteiger partial charge is 0.326 e. The summed E-state index contributed by atoms with van der Waals surface area (Å²) in [6, 6.07) is 4.79. The van der Waals surface area contributed by atoms with Crippen LogP contribution in [0.1, 0.15) is 34.7 Å². The van der Waals surface area contributed by atoms with Crippen LogP contribution in [0, 0.1) is 6.92 Å². The lowest BCUT2D eigenvalue weighted by Crippen LogP contribution is -2.38. The molecule has 0 fully saturated rings. The molecule has 0 aliphatic carbocycles. The van der Waals surface area contributed by atoms with Gasteiger partial charge in [0.15, 0.2) is 0 Å². The topological polar surface area (TPSA) is 47.1 Å². The molecular formula is C15H24N4S. The van der Waals surface area contributed by atoms with Crippen LogP contribution >= 0.6 is 11.3 Å². The SMILES string of the molecule is CCC(N)C(c1ccc(C)s1)N(C)Cc1cnn(C)c1. The number of aryl methyl sites for hydroxylation is 2. The van der Waals surface area contributed by atoms with E-state index in [1.54, 1.807) is 0 Å². The summed E-state index contributed by atoms with van der Waals surface area (Å²) in [5, 5.41) is 4.23. The summed E-state index contributed by atoms with van der Waals surface area (Å²) in [4.78, 5) is 5.02. The molecule has 0 spiro atoms. The van der Waals surface area contributed by atoms with Gasteiger partial charge >= 0.3 is 0 Å². The number of thiophene rings is 1. The number of nitrogens with zero attached hydrogens (tertiary/aromatic N) is 3. The minimum Gasteiger partial charge on any atom is -0.326 e. The molecule has 4 nitrogen and oxygen atoms in total. The summed E-state index contributed by atoms with van der Waals surface area (Å²) in [6.07, 6.45) is 4.95. The summed E-state index contributed by atoms with van der Waals surface area (Å²) in [5.74, 6) is 0. The first-order valence-corrected chi connectivity index (χ1v) is 7.82. The van der Waals surface area contributed by atoms with Crippen molar-refractivity contribution < 1.29 is 0 Å². The third-order valence-corrected chi connectivity index (χ3v) is 4.67. The third kappa shape index (κ3) is 3.48. The highest BCUT2D eigenvalue weighted by molar-refractivity contribution is 7.12. The maximum Gasteiger partial charge on any atom is 0.0593 e. The Morgan fingerprint density at radius 3 is 2.70 bits per heavy atom. The normalized spacial score (nSPS) is 14.7. The van der Waals surface area contributed by atoms with Crippen molar-refractivity contribution in [2.45, 2.75) is 38.9 Å². The van der Waals surface area contributed by atoms with Gasteiger partial charge in [0.25, 0.3) is 0 Å². The van der Waals surface area contributed by atoms with Crippen molar-refractivity contribution in [3.63, 3.8) is 0 Å². The minimum atomic E-state index is 0.148. The summed E-state index contributed by atoms with van der Waals surface area (Å²) in [5.41, 5.74) is 7.58. The Morgan fingerprint density at radius 2 is 2.20 bits per heavy atom. The Balaban J connectivity index is 2.17.